The van der Waals surface area contributed by atoms with Crippen LogP contribution >= 0.6 is 11.6 Å². The Balaban J connectivity index is 2.67. The van der Waals surface area contributed by atoms with Crippen molar-refractivity contribution < 1.29 is 18.0 Å². The highest BCUT2D eigenvalue weighted by Gasteiger charge is 2.30. The first-order valence-corrected chi connectivity index (χ1v) is 7.41. The quantitative estimate of drug-likeness (QED) is 0.692. The number of alkyl halides is 4. The summed E-state index contributed by atoms with van der Waals surface area (Å²) in [5, 5.41) is 0. The molecule has 0 saturated heterocycles. The summed E-state index contributed by atoms with van der Waals surface area (Å²) in [6.07, 6.45) is -2.41. The van der Waals surface area contributed by atoms with E-state index >= 15 is 0 Å². The third kappa shape index (κ3) is 5.96. The number of rotatable bonds is 7. The summed E-state index contributed by atoms with van der Waals surface area (Å²) in [5.41, 5.74) is -0.133. The van der Waals surface area contributed by atoms with Crippen LogP contribution < -0.4 is 0 Å². The van der Waals surface area contributed by atoms with Crippen molar-refractivity contribution in [3.05, 3.63) is 35.4 Å². The molecule has 0 unspecified atom stereocenters. The van der Waals surface area contributed by atoms with Gasteiger partial charge in [-0.1, -0.05) is 25.5 Å². The first-order chi connectivity index (χ1) is 9.88. The Morgan fingerprint density at radius 3 is 2.29 bits per heavy atom. The van der Waals surface area contributed by atoms with Gasteiger partial charge in [-0.2, -0.15) is 13.2 Å². The minimum absolute atomic E-state index is 0.0960. The van der Waals surface area contributed by atoms with Crippen LogP contribution in [0.5, 0.6) is 0 Å². The number of hydrogen-bond acceptors (Lipinski definition) is 1. The molecule has 0 fully saturated rings. The minimum Gasteiger partial charge on any atom is -0.341 e. The first-order valence-electron chi connectivity index (χ1n) is 6.88. The molecule has 2 nitrogen and oxygen atoms in total. The summed E-state index contributed by atoms with van der Waals surface area (Å²) in [5.74, 6) is 0.242. The molecule has 0 bridgehead atoms. The molecule has 0 atom stereocenters. The molecule has 0 radical (unpaired) electrons. The Hall–Kier alpha value is -1.23. The van der Waals surface area contributed by atoms with Crippen LogP contribution in [0, 0.1) is 0 Å². The summed E-state index contributed by atoms with van der Waals surface area (Å²) in [7, 11) is 0. The van der Waals surface area contributed by atoms with Crippen LogP contribution in [0.15, 0.2) is 24.3 Å². The molecule has 0 heterocycles. The lowest BCUT2D eigenvalue weighted by Crippen LogP contribution is -2.34. The summed E-state index contributed by atoms with van der Waals surface area (Å²) in [4.78, 5) is 13.8. The van der Waals surface area contributed by atoms with E-state index in [2.05, 4.69) is 0 Å². The lowest BCUT2D eigenvalue weighted by atomic mass is 10.1. The van der Waals surface area contributed by atoms with Gasteiger partial charge < -0.3 is 4.90 Å². The Kier molecular flexibility index (Phi) is 7.02. The van der Waals surface area contributed by atoms with Crippen molar-refractivity contribution in [3.8, 4) is 0 Å². The van der Waals surface area contributed by atoms with Gasteiger partial charge in [0.15, 0.2) is 0 Å². The van der Waals surface area contributed by atoms with Crippen molar-refractivity contribution in [1.29, 1.82) is 0 Å². The fraction of sp³-hybridized carbons (Fsp3) is 0.533. The summed E-state index contributed by atoms with van der Waals surface area (Å²) in [6.45, 7) is 3.11. The molecule has 1 rings (SSSR count). The summed E-state index contributed by atoms with van der Waals surface area (Å²) >= 11 is 5.67. The molecule has 0 spiro atoms. The van der Waals surface area contributed by atoms with Gasteiger partial charge in [-0.3, -0.25) is 4.79 Å². The predicted molar refractivity (Wildman–Crippen MR) is 77.4 cm³/mol. The molecule has 0 N–H and O–H groups in total. The van der Waals surface area contributed by atoms with E-state index in [9.17, 15) is 18.0 Å². The van der Waals surface area contributed by atoms with Gasteiger partial charge in [-0.05, 0) is 24.1 Å². The van der Waals surface area contributed by atoms with Crippen LogP contribution in [0.25, 0.3) is 0 Å². The number of halogens is 4. The van der Waals surface area contributed by atoms with Crippen molar-refractivity contribution in [3.63, 3.8) is 0 Å². The molecule has 6 heteroatoms. The zero-order valence-electron chi connectivity index (χ0n) is 11.9. The zero-order valence-corrected chi connectivity index (χ0v) is 12.7. The lowest BCUT2D eigenvalue weighted by molar-refractivity contribution is -0.137. The highest BCUT2D eigenvalue weighted by Crippen LogP contribution is 2.29. The van der Waals surface area contributed by atoms with Crippen LogP contribution in [0.3, 0.4) is 0 Å². The number of amides is 1. The molecule has 0 saturated carbocycles. The molecule has 0 aliphatic rings. The molecule has 0 aromatic heterocycles. The number of benzene rings is 1. The highest BCUT2D eigenvalue weighted by atomic mass is 35.5. The molecule has 0 aliphatic carbocycles. The van der Waals surface area contributed by atoms with Gasteiger partial charge >= 0.3 is 6.18 Å². The Morgan fingerprint density at radius 1 is 1.19 bits per heavy atom. The third-order valence-corrected chi connectivity index (χ3v) is 3.29. The maximum Gasteiger partial charge on any atom is 0.416 e. The molecule has 118 valence electrons. The smallest absolute Gasteiger partial charge is 0.341 e. The normalized spacial score (nSPS) is 11.5. The first kappa shape index (κ1) is 17.8. The fourth-order valence-electron chi connectivity index (χ4n) is 1.91. The van der Waals surface area contributed by atoms with Gasteiger partial charge in [0.05, 0.1) is 12.0 Å². The van der Waals surface area contributed by atoms with Crippen LogP contribution in [0.2, 0.25) is 0 Å². The predicted octanol–water partition coefficient (Wildman–Crippen LogP) is 4.12. The van der Waals surface area contributed by atoms with E-state index in [4.69, 9.17) is 11.6 Å². The second-order valence-electron chi connectivity index (χ2n) is 4.79. The lowest BCUT2D eigenvalue weighted by Gasteiger charge is -2.21. The van der Waals surface area contributed by atoms with E-state index in [1.54, 1.807) is 4.90 Å². The van der Waals surface area contributed by atoms with E-state index in [1.807, 2.05) is 6.92 Å². The van der Waals surface area contributed by atoms with Gasteiger partial charge in [-0.25, -0.2) is 0 Å². The van der Waals surface area contributed by atoms with Crippen LogP contribution in [0.4, 0.5) is 13.2 Å². The van der Waals surface area contributed by atoms with Gasteiger partial charge in [-0.15, -0.1) is 11.6 Å². The largest absolute Gasteiger partial charge is 0.416 e. The Bertz CT molecular complexity index is 445. The number of nitrogens with zero attached hydrogens (tertiary/aromatic N) is 1. The second kappa shape index (κ2) is 8.27. The number of unbranched alkanes of at least 4 members (excludes halogenated alkanes) is 1. The maximum absolute atomic E-state index is 12.5. The van der Waals surface area contributed by atoms with Crippen molar-refractivity contribution in [2.45, 2.75) is 32.4 Å². The highest BCUT2D eigenvalue weighted by molar-refractivity contribution is 6.18. The monoisotopic (exact) mass is 321 g/mol. The van der Waals surface area contributed by atoms with E-state index in [-0.39, 0.29) is 12.3 Å². The van der Waals surface area contributed by atoms with Crippen LogP contribution in [0.1, 0.15) is 30.9 Å². The molecule has 21 heavy (non-hydrogen) atoms. The second-order valence-corrected chi connectivity index (χ2v) is 5.17. The molecule has 1 aromatic rings. The third-order valence-electron chi connectivity index (χ3n) is 3.13. The fourth-order valence-corrected chi connectivity index (χ4v) is 2.11. The SMILES string of the molecule is CCCCN(CCCl)C(=O)Cc1ccc(C(F)(F)F)cc1. The minimum atomic E-state index is -4.35. The van der Waals surface area contributed by atoms with E-state index < -0.39 is 11.7 Å². The average molecular weight is 322 g/mol. The van der Waals surface area contributed by atoms with Gasteiger partial charge in [0.2, 0.25) is 5.91 Å². The molecule has 1 aromatic carbocycles. The van der Waals surface area contributed by atoms with E-state index in [0.29, 0.717) is 24.5 Å². The molecular formula is C15H19ClF3NO. The van der Waals surface area contributed by atoms with Gasteiger partial charge in [0.1, 0.15) is 0 Å². The van der Waals surface area contributed by atoms with E-state index in [1.165, 1.54) is 12.1 Å². The van der Waals surface area contributed by atoms with Gasteiger partial charge in [0.25, 0.3) is 0 Å². The molecule has 0 aliphatic heterocycles. The van der Waals surface area contributed by atoms with Crippen molar-refractivity contribution >= 4 is 17.5 Å². The van der Waals surface area contributed by atoms with E-state index in [0.717, 1.165) is 25.0 Å². The Labute approximate surface area is 127 Å². The average Bonchev–Trinajstić information content (AvgIpc) is 2.43. The number of carbonyl (C=O) groups excluding carboxylic acids is 1. The van der Waals surface area contributed by atoms with Crippen LogP contribution in [-0.2, 0) is 17.4 Å². The number of carbonyl (C=O) groups is 1. The van der Waals surface area contributed by atoms with Gasteiger partial charge in [0, 0.05) is 19.0 Å². The van der Waals surface area contributed by atoms with Crippen molar-refractivity contribution in [2.24, 2.45) is 0 Å². The van der Waals surface area contributed by atoms with Crippen LogP contribution in [-0.4, -0.2) is 29.8 Å². The topological polar surface area (TPSA) is 20.3 Å². The summed E-state index contributed by atoms with van der Waals surface area (Å²) in [6, 6.07) is 4.69. The van der Waals surface area contributed by atoms with Crippen molar-refractivity contribution in [1.82, 2.24) is 4.90 Å². The Morgan fingerprint density at radius 2 is 1.81 bits per heavy atom. The molecular weight excluding hydrogens is 303 g/mol. The number of hydrogen-bond donors (Lipinski definition) is 0. The zero-order chi connectivity index (χ0) is 15.9. The maximum atomic E-state index is 12.5. The summed E-state index contributed by atoms with van der Waals surface area (Å²) < 4.78 is 37.4. The van der Waals surface area contributed by atoms with Crippen molar-refractivity contribution in [2.75, 3.05) is 19.0 Å². The molecule has 1 amide bonds. The standard InChI is InChI=1S/C15H19ClF3NO/c1-2-3-9-20(10-8-16)14(21)11-12-4-6-13(7-5-12)15(17,18)19/h4-7H,2-3,8-11H2,1H3.